The van der Waals surface area contributed by atoms with Gasteiger partial charge in [-0.2, -0.15) is 4.72 Å². The van der Waals surface area contributed by atoms with E-state index in [9.17, 15) is 27.5 Å². The molecular weight excluding hydrogens is 415 g/mol. The van der Waals surface area contributed by atoms with Gasteiger partial charge in [-0.25, -0.2) is 17.6 Å². The van der Waals surface area contributed by atoms with Gasteiger partial charge in [0.2, 0.25) is 15.9 Å². The number of rotatable bonds is 10. The first-order chi connectivity index (χ1) is 14.1. The molecule has 0 saturated heterocycles. The summed E-state index contributed by atoms with van der Waals surface area (Å²) < 4.78 is 45.4. The van der Waals surface area contributed by atoms with Crippen molar-refractivity contribution in [3.8, 4) is 0 Å². The van der Waals surface area contributed by atoms with E-state index < -0.39 is 39.8 Å². The first-order valence-electron chi connectivity index (χ1n) is 8.98. The summed E-state index contributed by atoms with van der Waals surface area (Å²) in [6.45, 7) is 1.50. The van der Waals surface area contributed by atoms with Crippen molar-refractivity contribution >= 4 is 21.9 Å². The highest BCUT2D eigenvalue weighted by Gasteiger charge is 2.29. The largest absolute Gasteiger partial charge is 0.480 e. The van der Waals surface area contributed by atoms with Crippen molar-refractivity contribution in [2.75, 3.05) is 13.7 Å². The van der Waals surface area contributed by atoms with E-state index in [1.54, 1.807) is 19.1 Å². The minimum atomic E-state index is -4.04. The van der Waals surface area contributed by atoms with Gasteiger partial charge < -0.3 is 15.2 Å². The summed E-state index contributed by atoms with van der Waals surface area (Å²) in [7, 11) is -2.76. The first kappa shape index (κ1) is 23.5. The summed E-state index contributed by atoms with van der Waals surface area (Å²) in [6.07, 6.45) is -0.105. The van der Waals surface area contributed by atoms with E-state index in [4.69, 9.17) is 4.74 Å². The molecule has 2 rings (SSSR count). The lowest BCUT2D eigenvalue weighted by Crippen LogP contribution is -2.53. The van der Waals surface area contributed by atoms with Crippen LogP contribution in [0.3, 0.4) is 0 Å². The lowest BCUT2D eigenvalue weighted by Gasteiger charge is -2.21. The minimum Gasteiger partial charge on any atom is -0.480 e. The number of carboxylic acids is 1. The summed E-state index contributed by atoms with van der Waals surface area (Å²) in [4.78, 5) is 24.1. The fraction of sp³-hybridized carbons (Fsp3) is 0.300. The van der Waals surface area contributed by atoms with Crippen LogP contribution in [0.2, 0.25) is 0 Å². The Morgan fingerprint density at radius 3 is 2.20 bits per heavy atom. The van der Waals surface area contributed by atoms with E-state index in [0.717, 1.165) is 5.56 Å². The molecule has 1 amide bonds. The van der Waals surface area contributed by atoms with E-state index >= 15 is 0 Å². The number of hydrogen-bond donors (Lipinski definition) is 3. The number of carbonyl (C=O) groups excluding carboxylic acids is 1. The SMILES string of the molecule is COC[C@H](NS(=O)(=O)c1ccc(C)cc1)C(=O)N[C@@H](Cc1ccc(F)cc1)C(=O)O. The highest BCUT2D eigenvalue weighted by molar-refractivity contribution is 7.89. The lowest BCUT2D eigenvalue weighted by atomic mass is 10.1. The van der Waals surface area contributed by atoms with Crippen LogP contribution in [0, 0.1) is 12.7 Å². The summed E-state index contributed by atoms with van der Waals surface area (Å²) in [6, 6.07) is 8.50. The highest BCUT2D eigenvalue weighted by atomic mass is 32.2. The number of carbonyl (C=O) groups is 2. The normalized spacial score (nSPS) is 13.4. The second-order valence-electron chi connectivity index (χ2n) is 6.67. The Kier molecular flexibility index (Phi) is 8.04. The molecule has 2 aromatic rings. The number of sulfonamides is 1. The molecule has 2 aromatic carbocycles. The minimum absolute atomic E-state index is 0.0388. The van der Waals surface area contributed by atoms with Gasteiger partial charge in [0.25, 0.3) is 0 Å². The van der Waals surface area contributed by atoms with Gasteiger partial charge in [0, 0.05) is 13.5 Å². The highest BCUT2D eigenvalue weighted by Crippen LogP contribution is 2.11. The van der Waals surface area contributed by atoms with Gasteiger partial charge >= 0.3 is 5.97 Å². The average molecular weight is 438 g/mol. The zero-order valence-electron chi connectivity index (χ0n) is 16.5. The fourth-order valence-corrected chi connectivity index (χ4v) is 3.81. The summed E-state index contributed by atoms with van der Waals surface area (Å²) in [5.74, 6) is -2.65. The Hall–Kier alpha value is -2.82. The Labute approximate surface area is 174 Å². The zero-order chi connectivity index (χ0) is 22.3. The third-order valence-electron chi connectivity index (χ3n) is 4.25. The van der Waals surface area contributed by atoms with Gasteiger partial charge in [-0.3, -0.25) is 4.79 Å². The second-order valence-corrected chi connectivity index (χ2v) is 8.39. The predicted octanol–water partition coefficient (Wildman–Crippen LogP) is 1.24. The number of methoxy groups -OCH3 is 1. The Morgan fingerprint density at radius 2 is 1.67 bits per heavy atom. The van der Waals surface area contributed by atoms with Crippen LogP contribution in [0.1, 0.15) is 11.1 Å². The molecule has 162 valence electrons. The van der Waals surface area contributed by atoms with Gasteiger partial charge in [0.05, 0.1) is 11.5 Å². The molecule has 0 aliphatic carbocycles. The van der Waals surface area contributed by atoms with E-state index in [2.05, 4.69) is 10.0 Å². The maximum Gasteiger partial charge on any atom is 0.326 e. The molecule has 3 N–H and O–H groups in total. The summed E-state index contributed by atoms with van der Waals surface area (Å²) in [5, 5.41) is 11.7. The molecule has 0 heterocycles. The molecule has 0 spiro atoms. The Balaban J connectivity index is 2.14. The van der Waals surface area contributed by atoms with Gasteiger partial charge in [-0.05, 0) is 36.8 Å². The maximum absolute atomic E-state index is 13.0. The van der Waals surface area contributed by atoms with Crippen LogP contribution in [0.4, 0.5) is 4.39 Å². The van der Waals surface area contributed by atoms with Gasteiger partial charge in [0.15, 0.2) is 0 Å². The molecule has 0 unspecified atom stereocenters. The number of benzene rings is 2. The van der Waals surface area contributed by atoms with Crippen LogP contribution >= 0.6 is 0 Å². The molecule has 2 atom stereocenters. The number of aliphatic carboxylic acids is 1. The molecule has 0 fully saturated rings. The maximum atomic E-state index is 13.0. The Bertz CT molecular complexity index is 977. The molecule has 30 heavy (non-hydrogen) atoms. The van der Waals surface area contributed by atoms with Crippen LogP contribution in [0.5, 0.6) is 0 Å². The van der Waals surface area contributed by atoms with Crippen molar-refractivity contribution in [1.29, 1.82) is 0 Å². The van der Waals surface area contributed by atoms with E-state index in [-0.39, 0.29) is 17.9 Å². The molecular formula is C20H23FN2O6S. The molecule has 0 saturated carbocycles. The van der Waals surface area contributed by atoms with E-state index in [0.29, 0.717) is 5.56 Å². The van der Waals surface area contributed by atoms with Crippen molar-refractivity contribution in [3.05, 3.63) is 65.5 Å². The van der Waals surface area contributed by atoms with Crippen LogP contribution in [-0.2, 0) is 30.8 Å². The van der Waals surface area contributed by atoms with Crippen molar-refractivity contribution in [3.63, 3.8) is 0 Å². The third-order valence-corrected chi connectivity index (χ3v) is 5.73. The number of aryl methyl sites for hydroxylation is 1. The van der Waals surface area contributed by atoms with E-state index in [1.165, 1.54) is 43.5 Å². The molecule has 0 aliphatic rings. The zero-order valence-corrected chi connectivity index (χ0v) is 17.3. The summed E-state index contributed by atoms with van der Waals surface area (Å²) >= 11 is 0. The number of carboxylic acid groups (broad SMARTS) is 1. The molecule has 0 aromatic heterocycles. The van der Waals surface area contributed by atoms with Gasteiger partial charge in [-0.1, -0.05) is 29.8 Å². The number of nitrogens with one attached hydrogen (secondary N) is 2. The lowest BCUT2D eigenvalue weighted by molar-refractivity contribution is -0.142. The Morgan fingerprint density at radius 1 is 1.07 bits per heavy atom. The molecule has 0 aliphatic heterocycles. The third kappa shape index (κ3) is 6.61. The average Bonchev–Trinajstić information content (AvgIpc) is 2.68. The molecule has 0 bridgehead atoms. The van der Waals surface area contributed by atoms with Gasteiger partial charge in [-0.15, -0.1) is 0 Å². The van der Waals surface area contributed by atoms with Crippen molar-refractivity contribution in [1.82, 2.24) is 10.0 Å². The standard InChI is InChI=1S/C20H23FN2O6S/c1-13-3-9-16(10-4-13)30(27,28)23-18(12-29-2)19(24)22-17(20(25)26)11-14-5-7-15(21)8-6-14/h3-10,17-18,23H,11-12H2,1-2H3,(H,22,24)(H,25,26)/t17-,18-/m0/s1. The van der Waals surface area contributed by atoms with Crippen molar-refractivity contribution in [2.24, 2.45) is 0 Å². The second kappa shape index (κ2) is 10.3. The molecule has 10 heteroatoms. The topological polar surface area (TPSA) is 122 Å². The van der Waals surface area contributed by atoms with Gasteiger partial charge in [0.1, 0.15) is 17.9 Å². The van der Waals surface area contributed by atoms with Crippen molar-refractivity contribution < 1.29 is 32.2 Å². The summed E-state index contributed by atoms with van der Waals surface area (Å²) in [5.41, 5.74) is 1.36. The monoisotopic (exact) mass is 438 g/mol. The quantitative estimate of drug-likeness (QED) is 0.513. The van der Waals surface area contributed by atoms with Crippen LogP contribution in [0.25, 0.3) is 0 Å². The van der Waals surface area contributed by atoms with E-state index in [1.807, 2.05) is 0 Å². The predicted molar refractivity (Wildman–Crippen MR) is 107 cm³/mol. The molecule has 8 nitrogen and oxygen atoms in total. The number of hydrogen-bond acceptors (Lipinski definition) is 5. The van der Waals surface area contributed by atoms with Crippen LogP contribution in [-0.4, -0.2) is 51.2 Å². The molecule has 0 radical (unpaired) electrons. The number of halogens is 1. The van der Waals surface area contributed by atoms with Crippen molar-refractivity contribution in [2.45, 2.75) is 30.3 Å². The fourth-order valence-electron chi connectivity index (χ4n) is 2.63. The van der Waals surface area contributed by atoms with Crippen LogP contribution < -0.4 is 10.0 Å². The first-order valence-corrected chi connectivity index (χ1v) is 10.5. The number of ether oxygens (including phenoxy) is 1. The smallest absolute Gasteiger partial charge is 0.326 e. The van der Waals surface area contributed by atoms with Crippen LogP contribution in [0.15, 0.2) is 53.4 Å². The number of amides is 1.